The number of hydrogen-bond acceptors (Lipinski definition) is 2. The molecular weight excluding hydrogens is 284 g/mol. The Kier molecular flexibility index (Phi) is 4.01. The van der Waals surface area contributed by atoms with E-state index in [1.807, 2.05) is 0 Å². The molecule has 0 aliphatic heterocycles. The molecule has 0 radical (unpaired) electrons. The Labute approximate surface area is 141 Å². The van der Waals surface area contributed by atoms with Crippen molar-refractivity contribution >= 4 is 5.97 Å². The average Bonchev–Trinajstić information content (AvgIpc) is 2.53. The van der Waals surface area contributed by atoms with Crippen LogP contribution in [0.15, 0.2) is 24.3 Å². The SMILES string of the molecule is C=C[C@@]1(C)CC=C2[C@@H](CC[C@@H]3[C@](C)(C(=O)OC)CCC[C@@]23C)C1. The van der Waals surface area contributed by atoms with Crippen LogP contribution in [0.25, 0.3) is 0 Å². The number of allylic oxidation sites excluding steroid dienone is 3. The molecule has 3 aliphatic carbocycles. The van der Waals surface area contributed by atoms with E-state index in [0.29, 0.717) is 11.8 Å². The van der Waals surface area contributed by atoms with Crippen molar-refractivity contribution in [1.82, 2.24) is 0 Å². The fourth-order valence-electron chi connectivity index (χ4n) is 6.09. The molecule has 2 nitrogen and oxygen atoms in total. The van der Waals surface area contributed by atoms with Crippen molar-refractivity contribution in [3.05, 3.63) is 24.3 Å². The first-order valence-corrected chi connectivity index (χ1v) is 9.22. The average molecular weight is 316 g/mol. The zero-order valence-corrected chi connectivity index (χ0v) is 15.3. The predicted octanol–water partition coefficient (Wildman–Crippen LogP) is 5.29. The summed E-state index contributed by atoms with van der Waals surface area (Å²) in [5, 5.41) is 0. The van der Waals surface area contributed by atoms with Gasteiger partial charge in [-0.1, -0.05) is 38.0 Å². The number of carbonyl (C=O) groups is 1. The molecule has 0 bridgehead atoms. The highest BCUT2D eigenvalue weighted by atomic mass is 16.5. The Balaban J connectivity index is 1.98. The fraction of sp³-hybridized carbons (Fsp3) is 0.762. The Morgan fingerprint density at radius 2 is 2.04 bits per heavy atom. The van der Waals surface area contributed by atoms with Crippen LogP contribution in [0.1, 0.15) is 65.7 Å². The van der Waals surface area contributed by atoms with Crippen LogP contribution in [0.3, 0.4) is 0 Å². The van der Waals surface area contributed by atoms with Crippen LogP contribution in [0.5, 0.6) is 0 Å². The van der Waals surface area contributed by atoms with Crippen molar-refractivity contribution < 1.29 is 9.53 Å². The minimum absolute atomic E-state index is 0.000728. The molecule has 0 aromatic rings. The van der Waals surface area contributed by atoms with Crippen molar-refractivity contribution in [2.45, 2.75) is 65.7 Å². The van der Waals surface area contributed by atoms with Crippen LogP contribution in [-0.2, 0) is 9.53 Å². The molecule has 0 saturated heterocycles. The first-order valence-electron chi connectivity index (χ1n) is 9.22. The molecule has 2 heteroatoms. The molecule has 2 saturated carbocycles. The standard InChI is InChI=1S/C21H32O2/c1-6-19(2)13-10-16-15(14-19)8-9-17-20(16,3)11-7-12-21(17,4)18(22)23-5/h6,10,15,17H,1,7-9,11-14H2,2-5H3/t15-,17-,19-,20-,21+/m0/s1. The summed E-state index contributed by atoms with van der Waals surface area (Å²) < 4.78 is 5.20. The Morgan fingerprint density at radius 3 is 2.70 bits per heavy atom. The Morgan fingerprint density at radius 1 is 1.30 bits per heavy atom. The predicted molar refractivity (Wildman–Crippen MR) is 93.9 cm³/mol. The van der Waals surface area contributed by atoms with Crippen molar-refractivity contribution in [3.63, 3.8) is 0 Å². The van der Waals surface area contributed by atoms with Gasteiger partial charge in [0.1, 0.15) is 0 Å². The van der Waals surface area contributed by atoms with E-state index < -0.39 is 0 Å². The van der Waals surface area contributed by atoms with Gasteiger partial charge in [-0.25, -0.2) is 0 Å². The van der Waals surface area contributed by atoms with Crippen molar-refractivity contribution in [3.8, 4) is 0 Å². The van der Waals surface area contributed by atoms with Gasteiger partial charge in [0.05, 0.1) is 12.5 Å². The monoisotopic (exact) mass is 316 g/mol. The largest absolute Gasteiger partial charge is 0.469 e. The highest BCUT2D eigenvalue weighted by Crippen LogP contribution is 2.63. The third-order valence-corrected chi connectivity index (χ3v) is 7.48. The minimum atomic E-state index is -0.313. The molecule has 3 rings (SSSR count). The van der Waals surface area contributed by atoms with Gasteiger partial charge in [0.25, 0.3) is 0 Å². The van der Waals surface area contributed by atoms with Crippen molar-refractivity contribution in [1.29, 1.82) is 0 Å². The lowest BCUT2D eigenvalue weighted by molar-refractivity contribution is -0.164. The van der Waals surface area contributed by atoms with Gasteiger partial charge in [-0.15, -0.1) is 6.58 Å². The lowest BCUT2D eigenvalue weighted by Gasteiger charge is -2.58. The van der Waals surface area contributed by atoms with E-state index in [2.05, 4.69) is 39.5 Å². The summed E-state index contributed by atoms with van der Waals surface area (Å²) in [4.78, 5) is 12.5. The zero-order valence-electron chi connectivity index (χ0n) is 15.3. The summed E-state index contributed by atoms with van der Waals surface area (Å²) in [6.45, 7) is 11.0. The fourth-order valence-corrected chi connectivity index (χ4v) is 6.09. The molecule has 5 atom stereocenters. The molecule has 0 spiro atoms. The summed E-state index contributed by atoms with van der Waals surface area (Å²) >= 11 is 0. The third kappa shape index (κ3) is 2.40. The van der Waals surface area contributed by atoms with E-state index >= 15 is 0 Å². The number of methoxy groups -OCH3 is 1. The van der Waals surface area contributed by atoms with Gasteiger partial charge in [0, 0.05) is 0 Å². The van der Waals surface area contributed by atoms with Crippen LogP contribution >= 0.6 is 0 Å². The van der Waals surface area contributed by atoms with Gasteiger partial charge >= 0.3 is 5.97 Å². The van der Waals surface area contributed by atoms with E-state index in [-0.39, 0.29) is 22.2 Å². The second kappa shape index (κ2) is 5.50. The molecule has 0 heterocycles. The van der Waals surface area contributed by atoms with Crippen molar-refractivity contribution in [2.24, 2.45) is 28.1 Å². The number of fused-ring (bicyclic) bond motifs is 3. The summed E-state index contributed by atoms with van der Waals surface area (Å²) in [5.41, 5.74) is 1.75. The van der Waals surface area contributed by atoms with Gasteiger partial charge in [-0.2, -0.15) is 0 Å². The maximum absolute atomic E-state index is 12.5. The van der Waals surface area contributed by atoms with E-state index in [1.165, 1.54) is 19.3 Å². The van der Waals surface area contributed by atoms with Crippen LogP contribution in [0.2, 0.25) is 0 Å². The summed E-state index contributed by atoms with van der Waals surface area (Å²) in [6, 6.07) is 0. The van der Waals surface area contributed by atoms with Gasteiger partial charge < -0.3 is 4.74 Å². The van der Waals surface area contributed by atoms with E-state index in [4.69, 9.17) is 4.74 Å². The molecule has 3 aliphatic rings. The number of esters is 1. The molecule has 0 aromatic carbocycles. The lowest BCUT2D eigenvalue weighted by atomic mass is 9.46. The smallest absolute Gasteiger partial charge is 0.311 e. The zero-order chi connectivity index (χ0) is 16.9. The normalized spacial score (nSPS) is 46.2. The number of ether oxygens (including phenoxy) is 1. The minimum Gasteiger partial charge on any atom is -0.469 e. The maximum Gasteiger partial charge on any atom is 0.311 e. The maximum atomic E-state index is 12.5. The van der Waals surface area contributed by atoms with Crippen LogP contribution in [0, 0.1) is 28.1 Å². The molecule has 0 amide bonds. The second-order valence-electron chi connectivity index (χ2n) is 8.93. The molecule has 2 fully saturated rings. The number of hydrogen-bond donors (Lipinski definition) is 0. The molecule has 128 valence electrons. The summed E-state index contributed by atoms with van der Waals surface area (Å²) in [6.07, 6.45) is 12.7. The van der Waals surface area contributed by atoms with Gasteiger partial charge in [-0.3, -0.25) is 4.79 Å². The van der Waals surface area contributed by atoms with Gasteiger partial charge in [-0.05, 0) is 68.1 Å². The van der Waals surface area contributed by atoms with E-state index in [9.17, 15) is 4.79 Å². The third-order valence-electron chi connectivity index (χ3n) is 7.48. The lowest BCUT2D eigenvalue weighted by Crippen LogP contribution is -2.53. The molecule has 0 aromatic heterocycles. The highest BCUT2D eigenvalue weighted by Gasteiger charge is 2.58. The molecule has 23 heavy (non-hydrogen) atoms. The second-order valence-corrected chi connectivity index (χ2v) is 8.93. The number of carbonyl (C=O) groups excluding carboxylic acids is 1. The molecular formula is C21H32O2. The van der Waals surface area contributed by atoms with Crippen LogP contribution in [-0.4, -0.2) is 13.1 Å². The first kappa shape index (κ1) is 16.8. The van der Waals surface area contributed by atoms with Crippen LogP contribution < -0.4 is 0 Å². The van der Waals surface area contributed by atoms with E-state index in [1.54, 1.807) is 12.7 Å². The summed E-state index contributed by atoms with van der Waals surface area (Å²) in [5.74, 6) is 1.10. The topological polar surface area (TPSA) is 26.3 Å². The Bertz CT molecular complexity index is 548. The molecule has 0 N–H and O–H groups in total. The van der Waals surface area contributed by atoms with Crippen LogP contribution in [0.4, 0.5) is 0 Å². The van der Waals surface area contributed by atoms with Gasteiger partial charge in [0.2, 0.25) is 0 Å². The van der Waals surface area contributed by atoms with E-state index in [0.717, 1.165) is 25.7 Å². The van der Waals surface area contributed by atoms with Crippen molar-refractivity contribution in [2.75, 3.05) is 7.11 Å². The highest BCUT2D eigenvalue weighted by molar-refractivity contribution is 5.77. The Hall–Kier alpha value is -1.05. The van der Waals surface area contributed by atoms with Gasteiger partial charge in [0.15, 0.2) is 0 Å². The quantitative estimate of drug-likeness (QED) is 0.511. The summed E-state index contributed by atoms with van der Waals surface area (Å²) in [7, 11) is 1.54. The molecule has 0 unspecified atom stereocenters. The number of rotatable bonds is 2. The first-order chi connectivity index (χ1) is 10.8.